The van der Waals surface area contributed by atoms with Gasteiger partial charge in [0, 0.05) is 0 Å². The Balaban J connectivity index is 4.33. The van der Waals surface area contributed by atoms with Crippen LogP contribution in [-0.4, -0.2) is 18.5 Å². The third-order valence-corrected chi connectivity index (χ3v) is 8.77. The van der Waals surface area contributed by atoms with Crippen molar-refractivity contribution in [2.24, 2.45) is 5.50 Å². The molecule has 0 aromatic rings. The van der Waals surface area contributed by atoms with Gasteiger partial charge in [-0.1, -0.05) is 0 Å². The average molecular weight is 254 g/mol. The van der Waals surface area contributed by atoms with Gasteiger partial charge in [-0.2, -0.15) is 0 Å². The van der Waals surface area contributed by atoms with Crippen molar-refractivity contribution in [2.45, 2.75) is 59.3 Å². The molecule has 0 unspecified atom stereocenters. The van der Waals surface area contributed by atoms with Crippen LogP contribution in [0.15, 0.2) is 0 Å². The molecule has 0 spiro atoms. The number of rotatable bonds is 9. The monoisotopic (exact) mass is 253 g/mol. The molecule has 0 aromatic heterocycles. The molecule has 0 aliphatic heterocycles. The van der Waals surface area contributed by atoms with Crippen molar-refractivity contribution in [3.8, 4) is 0 Å². The molecule has 15 heavy (non-hydrogen) atoms. The van der Waals surface area contributed by atoms with Gasteiger partial charge in [0.25, 0.3) is 0 Å². The molecule has 0 bridgehead atoms. The maximum absolute atomic E-state index is 6.84. The van der Waals surface area contributed by atoms with Crippen LogP contribution in [-0.2, 0) is 0 Å². The van der Waals surface area contributed by atoms with Gasteiger partial charge in [-0.15, -0.1) is 0 Å². The van der Waals surface area contributed by atoms with E-state index < -0.39 is 6.11 Å². The van der Waals surface area contributed by atoms with Gasteiger partial charge in [-0.25, -0.2) is 0 Å². The van der Waals surface area contributed by atoms with Crippen LogP contribution in [0.25, 0.3) is 0 Å². The van der Waals surface area contributed by atoms with Crippen molar-refractivity contribution < 1.29 is 0 Å². The molecule has 0 radical (unpaired) electrons. The molecule has 3 heteroatoms. The van der Waals surface area contributed by atoms with Crippen molar-refractivity contribution in [1.82, 2.24) is 0 Å². The van der Waals surface area contributed by atoms with E-state index in [2.05, 4.69) is 20.8 Å². The third-order valence-electron chi connectivity index (χ3n) is 3.12. The van der Waals surface area contributed by atoms with Gasteiger partial charge in [0.15, 0.2) is 0 Å². The summed E-state index contributed by atoms with van der Waals surface area (Å²) in [5.74, 6) is 0. The molecule has 1 nitrogen and oxygen atoms in total. The molecular weight excluding hydrogens is 225 g/mol. The van der Waals surface area contributed by atoms with Gasteiger partial charge in [0.05, 0.1) is 0 Å². The minimum absolute atomic E-state index is 1.09. The van der Waals surface area contributed by atoms with E-state index in [1.54, 1.807) is 0 Å². The number of nitrogens with two attached hydrogens (primary N) is 1. The predicted octanol–water partition coefficient (Wildman–Crippen LogP) is 4.97. The fraction of sp³-hybridized carbons (Fsp3) is 1.00. The first-order valence-corrected chi connectivity index (χ1v) is 10.3. The van der Waals surface area contributed by atoms with E-state index in [1.165, 1.54) is 38.5 Å². The third kappa shape index (κ3) is 6.76. The van der Waals surface area contributed by atoms with Crippen LogP contribution < -0.4 is 5.50 Å². The van der Waals surface area contributed by atoms with Gasteiger partial charge in [0.1, 0.15) is 0 Å². The van der Waals surface area contributed by atoms with Crippen LogP contribution in [0, 0.1) is 0 Å². The Labute approximate surface area is 101 Å². The molecule has 94 valence electrons. The van der Waals surface area contributed by atoms with E-state index in [0.717, 1.165) is 18.5 Å². The average Bonchev–Trinajstić information content (AvgIpc) is 2.22. The quantitative estimate of drug-likeness (QED) is 0.577. The Hall–Kier alpha value is 0.680. The van der Waals surface area contributed by atoms with Gasteiger partial charge < -0.3 is 0 Å². The Morgan fingerprint density at radius 3 is 1.27 bits per heavy atom. The van der Waals surface area contributed by atoms with Crippen molar-refractivity contribution in [3.05, 3.63) is 0 Å². The van der Waals surface area contributed by atoms with Gasteiger partial charge in [0.2, 0.25) is 0 Å². The van der Waals surface area contributed by atoms with E-state index in [9.17, 15) is 0 Å². The van der Waals surface area contributed by atoms with Crippen molar-refractivity contribution in [3.63, 3.8) is 0 Å². The van der Waals surface area contributed by atoms with Crippen LogP contribution in [0.1, 0.15) is 59.3 Å². The molecule has 0 aliphatic rings. The van der Waals surface area contributed by atoms with Gasteiger partial charge >= 0.3 is 101 Å². The summed E-state index contributed by atoms with van der Waals surface area (Å²) in [5, 5.41) is 0. The predicted molar refractivity (Wildman–Crippen MR) is 76.3 cm³/mol. The van der Waals surface area contributed by atoms with Crippen molar-refractivity contribution in [2.75, 3.05) is 18.5 Å². The molecule has 0 amide bonds. The second-order valence-corrected chi connectivity index (χ2v) is 12.3. The van der Waals surface area contributed by atoms with Crippen LogP contribution in [0.3, 0.4) is 0 Å². The van der Waals surface area contributed by atoms with Crippen LogP contribution in [0.2, 0.25) is 0 Å². The van der Waals surface area contributed by atoms with E-state index in [4.69, 9.17) is 16.7 Å². The second-order valence-electron chi connectivity index (χ2n) is 4.91. The fourth-order valence-corrected chi connectivity index (χ4v) is 6.88. The summed E-state index contributed by atoms with van der Waals surface area (Å²) < 4.78 is 0. The van der Waals surface area contributed by atoms with Crippen LogP contribution in [0.5, 0.6) is 0 Å². The van der Waals surface area contributed by atoms with Crippen molar-refractivity contribution in [1.29, 1.82) is 0 Å². The Kier molecular flexibility index (Phi) is 7.41. The summed E-state index contributed by atoms with van der Waals surface area (Å²) in [6, 6.07) is 0. The first-order chi connectivity index (χ1) is 6.96. The number of hydrogen-bond acceptors (Lipinski definition) is 1. The Bertz CT molecular complexity index is 142. The Morgan fingerprint density at radius 1 is 0.800 bits per heavy atom. The first-order valence-electron chi connectivity index (χ1n) is 6.50. The van der Waals surface area contributed by atoms with E-state index >= 15 is 0 Å². The minimum atomic E-state index is -2.31. The zero-order valence-corrected chi connectivity index (χ0v) is 12.4. The number of hydrogen-bond donors (Lipinski definition) is 1. The van der Waals surface area contributed by atoms with Gasteiger partial charge in [-0.3, -0.25) is 0 Å². The summed E-state index contributed by atoms with van der Waals surface area (Å²) in [4.78, 5) is 0. The van der Waals surface area contributed by atoms with Gasteiger partial charge in [-0.05, 0) is 0 Å². The number of halogens is 1. The summed E-state index contributed by atoms with van der Waals surface area (Å²) in [6.07, 6.45) is 8.17. The summed E-state index contributed by atoms with van der Waals surface area (Å²) in [5.41, 5.74) is 6.60. The normalized spacial score (nSPS) is 14.9. The molecule has 0 atom stereocenters. The molecule has 0 saturated carbocycles. The number of unbranched alkanes of at least 4 members (excludes halogenated alkanes) is 3. The molecule has 0 rings (SSSR count). The summed E-state index contributed by atoms with van der Waals surface area (Å²) >= 11 is 6.84. The van der Waals surface area contributed by atoms with E-state index in [1.807, 2.05) is 0 Å². The molecule has 0 aliphatic carbocycles. The topological polar surface area (TPSA) is 26.0 Å². The standard InChI is InChI=1S/C12H29ClNP/c1-4-7-10-15(13,14,11-8-5-2)12-9-6-3/h4-12,14H2,1-3H3. The molecule has 2 N–H and O–H groups in total. The summed E-state index contributed by atoms with van der Waals surface area (Å²) in [7, 11) is 0. The molecule has 0 heterocycles. The second kappa shape index (κ2) is 7.09. The first kappa shape index (κ1) is 15.7. The van der Waals surface area contributed by atoms with E-state index in [0.29, 0.717) is 0 Å². The zero-order valence-electron chi connectivity index (χ0n) is 10.8. The molecule has 0 saturated heterocycles. The maximum atomic E-state index is 6.84. The molecule has 0 fully saturated rings. The Morgan fingerprint density at radius 2 is 1.07 bits per heavy atom. The SMILES string of the molecule is CCCCP(N)(Cl)(CCCC)CCCC. The molecular formula is C12H29ClNP. The van der Waals surface area contributed by atoms with E-state index in [-0.39, 0.29) is 0 Å². The van der Waals surface area contributed by atoms with Crippen molar-refractivity contribution >= 4 is 17.3 Å². The fourth-order valence-electron chi connectivity index (χ4n) is 1.93. The zero-order chi connectivity index (χ0) is 11.8. The summed E-state index contributed by atoms with van der Waals surface area (Å²) in [6.45, 7) is 6.65. The molecule has 0 aromatic carbocycles. The van der Waals surface area contributed by atoms with Crippen LogP contribution >= 0.6 is 17.3 Å². The van der Waals surface area contributed by atoms with Crippen LogP contribution in [0.4, 0.5) is 0 Å².